The summed E-state index contributed by atoms with van der Waals surface area (Å²) >= 11 is 0. The fourth-order valence-electron chi connectivity index (χ4n) is 3.31. The molecule has 0 aromatic heterocycles. The SMILES string of the molecule is CNC(=O)[C@]12CCC(=O)N[C@H]1c1ccccc1C2. The first kappa shape index (κ1) is 11.3. The van der Waals surface area contributed by atoms with E-state index in [1.807, 2.05) is 24.3 Å². The Morgan fingerprint density at radius 1 is 1.44 bits per heavy atom. The van der Waals surface area contributed by atoms with Gasteiger partial charge in [0.2, 0.25) is 11.8 Å². The van der Waals surface area contributed by atoms with Gasteiger partial charge in [-0.15, -0.1) is 0 Å². The summed E-state index contributed by atoms with van der Waals surface area (Å²) in [4.78, 5) is 23.9. The Labute approximate surface area is 106 Å². The molecule has 0 bridgehead atoms. The number of fused-ring (bicyclic) bond motifs is 3. The standard InChI is InChI=1S/C14H16N2O2/c1-15-13(18)14-7-6-11(17)16-12(14)10-5-3-2-4-9(10)8-14/h2-5,12H,6-8H2,1H3,(H,15,18)(H,16,17)/t12-,14-/m0/s1. The average Bonchev–Trinajstić information content (AvgIpc) is 2.73. The molecule has 4 heteroatoms. The van der Waals surface area contributed by atoms with Gasteiger partial charge in [0.15, 0.2) is 0 Å². The maximum atomic E-state index is 12.3. The molecule has 1 aromatic rings. The minimum Gasteiger partial charge on any atom is -0.359 e. The molecule has 4 nitrogen and oxygen atoms in total. The molecule has 0 saturated carbocycles. The molecule has 0 radical (unpaired) electrons. The van der Waals surface area contributed by atoms with Crippen LogP contribution in [0.1, 0.15) is 30.0 Å². The Kier molecular flexibility index (Phi) is 2.40. The summed E-state index contributed by atoms with van der Waals surface area (Å²) in [5.74, 6) is 0.0694. The molecule has 2 N–H and O–H groups in total. The maximum absolute atomic E-state index is 12.3. The Hall–Kier alpha value is -1.84. The molecule has 1 fully saturated rings. The molecule has 18 heavy (non-hydrogen) atoms. The van der Waals surface area contributed by atoms with Crippen LogP contribution in [0.5, 0.6) is 0 Å². The van der Waals surface area contributed by atoms with E-state index in [0.717, 1.165) is 5.56 Å². The van der Waals surface area contributed by atoms with Crippen LogP contribution in [0.25, 0.3) is 0 Å². The van der Waals surface area contributed by atoms with Gasteiger partial charge in [0, 0.05) is 13.5 Å². The van der Waals surface area contributed by atoms with Crippen molar-refractivity contribution in [2.24, 2.45) is 5.41 Å². The van der Waals surface area contributed by atoms with E-state index in [9.17, 15) is 9.59 Å². The molecule has 94 valence electrons. The van der Waals surface area contributed by atoms with Gasteiger partial charge in [0.25, 0.3) is 0 Å². The first-order valence-corrected chi connectivity index (χ1v) is 6.27. The van der Waals surface area contributed by atoms with Crippen LogP contribution >= 0.6 is 0 Å². The van der Waals surface area contributed by atoms with E-state index in [1.165, 1.54) is 5.56 Å². The van der Waals surface area contributed by atoms with Crippen LogP contribution in [-0.4, -0.2) is 18.9 Å². The molecule has 2 amide bonds. The van der Waals surface area contributed by atoms with Crippen LogP contribution in [-0.2, 0) is 16.0 Å². The number of nitrogens with one attached hydrogen (secondary N) is 2. The fourth-order valence-corrected chi connectivity index (χ4v) is 3.31. The van der Waals surface area contributed by atoms with Gasteiger partial charge in [-0.3, -0.25) is 9.59 Å². The molecule has 1 aromatic carbocycles. The highest BCUT2D eigenvalue weighted by molar-refractivity contribution is 5.89. The minimum absolute atomic E-state index is 0.0312. The number of benzene rings is 1. The van der Waals surface area contributed by atoms with Crippen LogP contribution in [0.4, 0.5) is 0 Å². The summed E-state index contributed by atoms with van der Waals surface area (Å²) in [6.07, 6.45) is 1.77. The Morgan fingerprint density at radius 2 is 2.22 bits per heavy atom. The van der Waals surface area contributed by atoms with Crippen LogP contribution < -0.4 is 10.6 Å². The highest BCUT2D eigenvalue weighted by Gasteiger charge is 2.53. The van der Waals surface area contributed by atoms with E-state index < -0.39 is 5.41 Å². The fraction of sp³-hybridized carbons (Fsp3) is 0.429. The third kappa shape index (κ3) is 1.38. The number of carbonyl (C=O) groups excluding carboxylic acids is 2. The maximum Gasteiger partial charge on any atom is 0.228 e. The molecular formula is C14H16N2O2. The molecule has 1 aliphatic carbocycles. The Balaban J connectivity index is 2.09. The molecule has 3 rings (SSSR count). The normalized spacial score (nSPS) is 29.2. The second-order valence-corrected chi connectivity index (χ2v) is 5.11. The zero-order valence-corrected chi connectivity index (χ0v) is 10.3. The van der Waals surface area contributed by atoms with Crippen molar-refractivity contribution in [3.05, 3.63) is 35.4 Å². The molecule has 0 spiro atoms. The van der Waals surface area contributed by atoms with Gasteiger partial charge >= 0.3 is 0 Å². The van der Waals surface area contributed by atoms with E-state index in [4.69, 9.17) is 0 Å². The van der Waals surface area contributed by atoms with Crippen molar-refractivity contribution >= 4 is 11.8 Å². The number of hydrogen-bond donors (Lipinski definition) is 2. The lowest BCUT2D eigenvalue weighted by molar-refractivity contribution is -0.138. The van der Waals surface area contributed by atoms with Gasteiger partial charge < -0.3 is 10.6 Å². The zero-order valence-electron chi connectivity index (χ0n) is 10.3. The summed E-state index contributed by atoms with van der Waals surface area (Å²) in [6, 6.07) is 7.82. The number of amides is 2. The van der Waals surface area contributed by atoms with Crippen molar-refractivity contribution in [1.29, 1.82) is 0 Å². The lowest BCUT2D eigenvalue weighted by atomic mass is 9.73. The second-order valence-electron chi connectivity index (χ2n) is 5.11. The van der Waals surface area contributed by atoms with Crippen molar-refractivity contribution in [2.75, 3.05) is 7.05 Å². The number of hydrogen-bond acceptors (Lipinski definition) is 2. The van der Waals surface area contributed by atoms with Gasteiger partial charge in [-0.2, -0.15) is 0 Å². The number of carbonyl (C=O) groups is 2. The van der Waals surface area contributed by atoms with Gasteiger partial charge in [-0.05, 0) is 24.0 Å². The quantitative estimate of drug-likeness (QED) is 0.772. The Morgan fingerprint density at radius 3 is 3.00 bits per heavy atom. The Bertz CT molecular complexity index is 526. The van der Waals surface area contributed by atoms with Crippen molar-refractivity contribution in [2.45, 2.75) is 25.3 Å². The molecule has 1 aliphatic heterocycles. The first-order valence-electron chi connectivity index (χ1n) is 6.27. The molecule has 1 heterocycles. The first-order chi connectivity index (χ1) is 8.67. The topological polar surface area (TPSA) is 58.2 Å². The van der Waals surface area contributed by atoms with Crippen LogP contribution in [0.3, 0.4) is 0 Å². The summed E-state index contributed by atoms with van der Waals surface area (Å²) < 4.78 is 0. The van der Waals surface area contributed by atoms with Crippen molar-refractivity contribution < 1.29 is 9.59 Å². The second kappa shape index (κ2) is 3.83. The molecule has 2 aliphatic rings. The predicted molar refractivity (Wildman–Crippen MR) is 66.8 cm³/mol. The van der Waals surface area contributed by atoms with E-state index in [-0.39, 0.29) is 17.9 Å². The summed E-state index contributed by atoms with van der Waals surface area (Å²) in [5.41, 5.74) is 1.77. The minimum atomic E-state index is -0.494. The highest BCUT2D eigenvalue weighted by Crippen LogP contribution is 2.50. The predicted octanol–water partition coefficient (Wildman–Crippen LogP) is 0.926. The third-order valence-electron chi connectivity index (χ3n) is 4.21. The highest BCUT2D eigenvalue weighted by atomic mass is 16.2. The third-order valence-corrected chi connectivity index (χ3v) is 4.21. The van der Waals surface area contributed by atoms with Gasteiger partial charge in [-0.1, -0.05) is 24.3 Å². The van der Waals surface area contributed by atoms with E-state index in [2.05, 4.69) is 10.6 Å². The average molecular weight is 244 g/mol. The largest absolute Gasteiger partial charge is 0.359 e. The van der Waals surface area contributed by atoms with E-state index in [0.29, 0.717) is 19.3 Å². The van der Waals surface area contributed by atoms with Gasteiger partial charge in [-0.25, -0.2) is 0 Å². The summed E-state index contributed by atoms with van der Waals surface area (Å²) in [7, 11) is 1.66. The van der Waals surface area contributed by atoms with Crippen molar-refractivity contribution in [3.63, 3.8) is 0 Å². The van der Waals surface area contributed by atoms with Gasteiger partial charge in [0.1, 0.15) is 0 Å². The van der Waals surface area contributed by atoms with Crippen molar-refractivity contribution in [3.8, 4) is 0 Å². The zero-order chi connectivity index (χ0) is 12.8. The van der Waals surface area contributed by atoms with E-state index >= 15 is 0 Å². The van der Waals surface area contributed by atoms with Crippen LogP contribution in [0, 0.1) is 5.41 Å². The molecule has 2 atom stereocenters. The summed E-state index contributed by atoms with van der Waals surface area (Å²) in [5, 5.41) is 5.75. The monoisotopic (exact) mass is 244 g/mol. The molecule has 0 unspecified atom stereocenters. The van der Waals surface area contributed by atoms with E-state index in [1.54, 1.807) is 7.05 Å². The lowest BCUT2D eigenvalue weighted by Gasteiger charge is -2.38. The van der Waals surface area contributed by atoms with Crippen LogP contribution in [0.15, 0.2) is 24.3 Å². The molecule has 1 saturated heterocycles. The number of rotatable bonds is 1. The molecular weight excluding hydrogens is 228 g/mol. The number of piperidine rings is 1. The van der Waals surface area contributed by atoms with Crippen molar-refractivity contribution in [1.82, 2.24) is 10.6 Å². The summed E-state index contributed by atoms with van der Waals surface area (Å²) in [6.45, 7) is 0. The smallest absolute Gasteiger partial charge is 0.228 e. The van der Waals surface area contributed by atoms with Gasteiger partial charge in [0.05, 0.1) is 11.5 Å². The van der Waals surface area contributed by atoms with Crippen LogP contribution in [0.2, 0.25) is 0 Å². The lowest BCUT2D eigenvalue weighted by Crippen LogP contribution is -2.52.